The number of carbonyl (C=O) groups excluding carboxylic acids is 5. The first kappa shape index (κ1) is 58.2. The number of nitrogens with one attached hydrogen (secondary N) is 2. The van der Waals surface area contributed by atoms with Crippen LogP contribution in [0.4, 0.5) is 4.79 Å². The standard InChI is InChI=1S/C54H73Cl2N3O9Si/c1-16-18-21-26-36(4)45(39-29-24-20-25-30-39)66-50(63)47(54(11,12)68-69(14,15)53(8,9)10)58-48(61)42(57-49(62)44(35(3)17-2)59(13)51(64)67-52(5,6)7)33-37-31-40(55)46(41(56)32-37)65-34-43(60)38-27-22-19-23-28-38/h19-32,35-36,42,44-45,47H,17,33-34H2,1-15H3,(H,57,62)(H,58,61)/b26-21+/t35-,36+,42+,44-,45-,47+/m0/s1. The number of hydrogen-bond acceptors (Lipinski definition) is 9. The Hall–Kier alpha value is -5.13. The fraction of sp³-hybridized carbons (Fsp3) is 0.500. The van der Waals surface area contributed by atoms with Gasteiger partial charge in [-0.2, -0.15) is 0 Å². The van der Waals surface area contributed by atoms with Gasteiger partial charge in [0.05, 0.1) is 15.6 Å². The molecule has 2 N–H and O–H groups in total. The van der Waals surface area contributed by atoms with Crippen LogP contribution in [0.3, 0.4) is 0 Å². The molecule has 376 valence electrons. The van der Waals surface area contributed by atoms with Crippen molar-refractivity contribution in [1.29, 1.82) is 0 Å². The third-order valence-electron chi connectivity index (χ3n) is 12.1. The van der Waals surface area contributed by atoms with Crippen molar-refractivity contribution in [2.24, 2.45) is 11.8 Å². The van der Waals surface area contributed by atoms with Crippen LogP contribution >= 0.6 is 23.2 Å². The van der Waals surface area contributed by atoms with Gasteiger partial charge in [0.25, 0.3) is 0 Å². The predicted molar refractivity (Wildman–Crippen MR) is 277 cm³/mol. The predicted octanol–water partition coefficient (Wildman–Crippen LogP) is 11.3. The molecule has 3 amide bonds. The molecule has 12 nitrogen and oxygen atoms in total. The van der Waals surface area contributed by atoms with Crippen molar-refractivity contribution in [2.75, 3.05) is 13.7 Å². The minimum absolute atomic E-state index is 0.0522. The second-order valence-electron chi connectivity index (χ2n) is 20.4. The van der Waals surface area contributed by atoms with Crippen molar-refractivity contribution in [3.63, 3.8) is 0 Å². The molecule has 3 aromatic carbocycles. The number of ether oxygens (including phenoxy) is 3. The highest BCUT2D eigenvalue weighted by atomic mass is 35.5. The highest BCUT2D eigenvalue weighted by Gasteiger charge is 2.48. The number of carbonyl (C=O) groups is 5. The van der Waals surface area contributed by atoms with Crippen molar-refractivity contribution in [2.45, 2.75) is 149 Å². The van der Waals surface area contributed by atoms with E-state index >= 15 is 4.79 Å². The molecule has 0 saturated carbocycles. The van der Waals surface area contributed by atoms with Gasteiger partial charge < -0.3 is 29.3 Å². The first-order chi connectivity index (χ1) is 32.0. The largest absolute Gasteiger partial charge is 0.482 e. The molecule has 3 rings (SSSR count). The van der Waals surface area contributed by atoms with Crippen LogP contribution < -0.4 is 15.4 Å². The lowest BCUT2D eigenvalue weighted by molar-refractivity contribution is -0.161. The van der Waals surface area contributed by atoms with Gasteiger partial charge in [-0.25, -0.2) is 9.59 Å². The normalized spacial score (nSPS) is 14.7. The SMILES string of the molecule is CC#C/C=C/[C@@H](C)[C@H](OC(=O)[C@@H](NC(=O)[C@@H](Cc1cc(Cl)c(OCC(=O)c2ccccc2)c(Cl)c1)NC(=O)[C@H]([C@@H](C)CC)N(C)C(=O)OC(C)(C)C)C(C)(C)O[Si](C)(C)C(C)(C)C)c1ccccc1. The monoisotopic (exact) mass is 1010 g/mol. The highest BCUT2D eigenvalue weighted by Crippen LogP contribution is 2.41. The van der Waals surface area contributed by atoms with Crippen LogP contribution in [0.5, 0.6) is 5.75 Å². The van der Waals surface area contributed by atoms with Crippen LogP contribution in [0.1, 0.15) is 117 Å². The van der Waals surface area contributed by atoms with Crippen LogP contribution in [0, 0.1) is 23.7 Å². The minimum Gasteiger partial charge on any atom is -0.482 e. The summed E-state index contributed by atoms with van der Waals surface area (Å²) >= 11 is 13.5. The van der Waals surface area contributed by atoms with Crippen LogP contribution in [0.2, 0.25) is 28.2 Å². The van der Waals surface area contributed by atoms with E-state index in [4.69, 9.17) is 41.8 Å². The lowest BCUT2D eigenvalue weighted by Crippen LogP contribution is -2.64. The Morgan fingerprint density at radius 2 is 1.41 bits per heavy atom. The van der Waals surface area contributed by atoms with E-state index in [9.17, 15) is 19.2 Å². The van der Waals surface area contributed by atoms with Crippen LogP contribution in [-0.2, 0) is 34.7 Å². The first-order valence-electron chi connectivity index (χ1n) is 23.3. The van der Waals surface area contributed by atoms with Gasteiger partial charge in [-0.05, 0) is 94.9 Å². The molecule has 69 heavy (non-hydrogen) atoms. The van der Waals surface area contributed by atoms with E-state index in [2.05, 4.69) is 43.2 Å². The van der Waals surface area contributed by atoms with Gasteiger partial charge in [0.2, 0.25) is 11.8 Å². The van der Waals surface area contributed by atoms with Gasteiger partial charge in [0.15, 0.2) is 32.5 Å². The van der Waals surface area contributed by atoms with Gasteiger partial charge in [0.1, 0.15) is 23.8 Å². The second-order valence-corrected chi connectivity index (χ2v) is 26.0. The fourth-order valence-corrected chi connectivity index (χ4v) is 9.61. The number of nitrogens with zero attached hydrogens (tertiary/aromatic N) is 1. The lowest BCUT2D eigenvalue weighted by Gasteiger charge is -2.45. The molecule has 0 bridgehead atoms. The zero-order chi connectivity index (χ0) is 52.1. The van der Waals surface area contributed by atoms with E-state index in [1.807, 2.05) is 70.3 Å². The Morgan fingerprint density at radius 1 is 0.841 bits per heavy atom. The van der Waals surface area contributed by atoms with Gasteiger partial charge in [0, 0.05) is 24.9 Å². The summed E-state index contributed by atoms with van der Waals surface area (Å²) in [4.78, 5) is 72.3. The lowest BCUT2D eigenvalue weighted by atomic mass is 9.94. The Morgan fingerprint density at radius 3 is 1.93 bits per heavy atom. The molecule has 3 aromatic rings. The maximum Gasteiger partial charge on any atom is 0.410 e. The second kappa shape index (κ2) is 25.1. The molecule has 0 heterocycles. The quantitative estimate of drug-likeness (QED) is 0.0460. The third kappa shape index (κ3) is 17.1. The molecule has 0 saturated heterocycles. The molecule has 0 spiro atoms. The molecular weight excluding hydrogens is 934 g/mol. The molecule has 6 atom stereocenters. The number of halogens is 2. The highest BCUT2D eigenvalue weighted by molar-refractivity contribution is 6.74. The van der Waals surface area contributed by atoms with E-state index in [1.54, 1.807) is 78.0 Å². The Balaban J connectivity index is 2.19. The third-order valence-corrected chi connectivity index (χ3v) is 17.4. The molecular formula is C54H73Cl2N3O9Si. The van der Waals surface area contributed by atoms with E-state index in [0.717, 1.165) is 5.56 Å². The van der Waals surface area contributed by atoms with Crippen molar-refractivity contribution in [1.82, 2.24) is 15.5 Å². The molecule has 0 aliphatic carbocycles. The number of benzene rings is 3. The molecule has 0 radical (unpaired) electrons. The average molecular weight is 1010 g/mol. The summed E-state index contributed by atoms with van der Waals surface area (Å²) in [5, 5.41) is 5.67. The zero-order valence-corrected chi connectivity index (χ0v) is 45.6. The minimum atomic E-state index is -2.65. The maximum absolute atomic E-state index is 15.1. The Bertz CT molecular complexity index is 2310. The van der Waals surface area contributed by atoms with Gasteiger partial charge in [-0.3, -0.25) is 19.3 Å². The molecule has 0 aromatic heterocycles. The number of hydrogen-bond donors (Lipinski definition) is 2. The topological polar surface area (TPSA) is 150 Å². The van der Waals surface area contributed by atoms with Gasteiger partial charge in [-0.15, -0.1) is 5.92 Å². The fourth-order valence-electron chi connectivity index (χ4n) is 7.23. The molecule has 0 aliphatic rings. The van der Waals surface area contributed by atoms with Crippen molar-refractivity contribution < 1.29 is 42.6 Å². The summed E-state index contributed by atoms with van der Waals surface area (Å²) in [5.41, 5.74) is -0.640. The van der Waals surface area contributed by atoms with E-state index < -0.39 is 67.6 Å². The maximum atomic E-state index is 15.1. The molecule has 0 aliphatic heterocycles. The number of allylic oxidation sites excluding steroid dienone is 1. The van der Waals surface area contributed by atoms with E-state index in [0.29, 0.717) is 17.5 Å². The summed E-state index contributed by atoms with van der Waals surface area (Å²) in [6.07, 6.45) is 2.35. The average Bonchev–Trinajstić information content (AvgIpc) is 3.25. The van der Waals surface area contributed by atoms with Crippen LogP contribution in [0.15, 0.2) is 84.9 Å². The Kier molecular flexibility index (Phi) is 21.2. The van der Waals surface area contributed by atoms with E-state index in [-0.39, 0.29) is 51.5 Å². The van der Waals surface area contributed by atoms with Crippen LogP contribution in [-0.4, -0.2) is 85.9 Å². The van der Waals surface area contributed by atoms with Gasteiger partial charge in [-0.1, -0.05) is 144 Å². The number of rotatable bonds is 21. The number of esters is 1. The summed E-state index contributed by atoms with van der Waals surface area (Å²) in [6, 6.07) is 17.1. The summed E-state index contributed by atoms with van der Waals surface area (Å²) in [5.74, 6) is 2.62. The van der Waals surface area contributed by atoms with E-state index in [1.165, 1.54) is 24.1 Å². The summed E-state index contributed by atoms with van der Waals surface area (Å²) in [7, 11) is -1.18. The summed E-state index contributed by atoms with van der Waals surface area (Å²) in [6.45, 7) is 26.0. The number of amides is 3. The van der Waals surface area contributed by atoms with Crippen molar-refractivity contribution >= 4 is 61.2 Å². The Labute approximate surface area is 421 Å². The van der Waals surface area contributed by atoms with Crippen LogP contribution in [0.25, 0.3) is 0 Å². The zero-order valence-electron chi connectivity index (χ0n) is 43.0. The number of Topliss-reactive ketones (excluding diaryl/α,β-unsaturated/α-hetero) is 1. The van der Waals surface area contributed by atoms with Gasteiger partial charge >= 0.3 is 12.1 Å². The summed E-state index contributed by atoms with van der Waals surface area (Å²) < 4.78 is 24.8. The molecule has 0 unspecified atom stereocenters. The molecule has 15 heteroatoms. The first-order valence-corrected chi connectivity index (χ1v) is 27.0. The number of likely N-dealkylation sites (N-methyl/N-ethyl adjacent to an activating group) is 1. The molecule has 0 fully saturated rings. The van der Waals surface area contributed by atoms with Crippen molar-refractivity contribution in [3.8, 4) is 17.6 Å². The number of ketones is 1. The van der Waals surface area contributed by atoms with Crippen molar-refractivity contribution in [3.05, 3.63) is 112 Å². The smallest absolute Gasteiger partial charge is 0.410 e.